The lowest BCUT2D eigenvalue weighted by atomic mass is 9.93. The third kappa shape index (κ3) is 5.58. The van der Waals surface area contributed by atoms with Crippen LogP contribution in [0.1, 0.15) is 23.5 Å². The minimum atomic E-state index is -0.343. The Labute approximate surface area is 152 Å². The van der Waals surface area contributed by atoms with Gasteiger partial charge >= 0.3 is 6.03 Å². The molecular weight excluding hydrogens is 336 g/mol. The Morgan fingerprint density at radius 1 is 1.12 bits per heavy atom. The average molecular weight is 360 g/mol. The van der Waals surface area contributed by atoms with Crippen molar-refractivity contribution >= 4 is 34.0 Å². The van der Waals surface area contributed by atoms with Crippen LogP contribution >= 0.6 is 11.3 Å². The lowest BCUT2D eigenvalue weighted by Crippen LogP contribution is -2.39. The molecule has 1 heterocycles. The van der Waals surface area contributed by atoms with Crippen LogP contribution in [-0.2, 0) is 0 Å². The number of carbonyl (C=O) groups is 2. The summed E-state index contributed by atoms with van der Waals surface area (Å²) < 4.78 is 0. The van der Waals surface area contributed by atoms with E-state index in [0.717, 1.165) is 0 Å². The highest BCUT2D eigenvalue weighted by atomic mass is 32.1. The molecule has 0 saturated carbocycles. The number of carbonyl (C=O) groups excluding carboxylic acids is 2. The molecule has 134 valence electrons. The van der Waals surface area contributed by atoms with Gasteiger partial charge in [0.05, 0.1) is 9.88 Å². The minimum absolute atomic E-state index is 0.0805. The zero-order valence-electron chi connectivity index (χ0n) is 14.7. The van der Waals surface area contributed by atoms with Gasteiger partial charge in [0.2, 0.25) is 0 Å². The number of thiophene rings is 1. The van der Waals surface area contributed by atoms with Gasteiger partial charge in [-0.15, -0.1) is 11.3 Å². The molecule has 0 spiro atoms. The van der Waals surface area contributed by atoms with Gasteiger partial charge in [0.15, 0.2) is 0 Å². The van der Waals surface area contributed by atoms with Crippen LogP contribution in [-0.4, -0.2) is 37.0 Å². The molecule has 0 radical (unpaired) electrons. The highest BCUT2D eigenvalue weighted by molar-refractivity contribution is 7.18. The molecular formula is C18H24N4O2S. The van der Waals surface area contributed by atoms with E-state index >= 15 is 0 Å². The Morgan fingerprint density at radius 2 is 1.80 bits per heavy atom. The fraction of sp³-hybridized carbons (Fsp3) is 0.333. The van der Waals surface area contributed by atoms with Crippen LogP contribution in [0.5, 0.6) is 0 Å². The van der Waals surface area contributed by atoms with E-state index in [1.54, 1.807) is 36.2 Å². The summed E-state index contributed by atoms with van der Waals surface area (Å²) >= 11 is 1.25. The van der Waals surface area contributed by atoms with Gasteiger partial charge in [-0.2, -0.15) is 0 Å². The number of nitrogens with two attached hydrogens (primary N) is 1. The fourth-order valence-electron chi connectivity index (χ4n) is 2.28. The third-order valence-electron chi connectivity index (χ3n) is 3.65. The van der Waals surface area contributed by atoms with Crippen molar-refractivity contribution in [1.29, 1.82) is 0 Å². The summed E-state index contributed by atoms with van der Waals surface area (Å²) in [6.45, 7) is 5.11. The first-order chi connectivity index (χ1) is 11.8. The second kappa shape index (κ2) is 8.13. The van der Waals surface area contributed by atoms with E-state index in [2.05, 4.69) is 10.6 Å². The number of anilines is 2. The molecule has 0 saturated heterocycles. The van der Waals surface area contributed by atoms with Crippen LogP contribution in [0.4, 0.5) is 15.5 Å². The van der Waals surface area contributed by atoms with Crippen LogP contribution in [0.15, 0.2) is 42.5 Å². The summed E-state index contributed by atoms with van der Waals surface area (Å²) in [5.41, 5.74) is 6.29. The fourth-order valence-corrected chi connectivity index (χ4v) is 3.18. The average Bonchev–Trinajstić information content (AvgIpc) is 3.02. The summed E-state index contributed by atoms with van der Waals surface area (Å²) in [5, 5.41) is 6.09. The molecule has 7 heteroatoms. The van der Waals surface area contributed by atoms with Gasteiger partial charge in [0.1, 0.15) is 0 Å². The molecule has 0 atom stereocenters. The first-order valence-corrected chi connectivity index (χ1v) is 8.81. The van der Waals surface area contributed by atoms with Crippen LogP contribution < -0.4 is 16.4 Å². The van der Waals surface area contributed by atoms with Crippen molar-refractivity contribution in [2.45, 2.75) is 13.8 Å². The standard InChI is InChI=1S/C18H24N4O2S/c1-18(2,11-19)12-22(3)16(23)14-9-10-15(25-14)21-17(24)20-13-7-5-4-6-8-13/h4-10H,11-12,19H2,1-3H3,(H2,20,21,24). The molecule has 0 aliphatic carbocycles. The van der Waals surface area contributed by atoms with Crippen LogP contribution in [0.2, 0.25) is 0 Å². The zero-order chi connectivity index (χ0) is 18.4. The van der Waals surface area contributed by atoms with E-state index in [0.29, 0.717) is 28.7 Å². The van der Waals surface area contributed by atoms with Crippen molar-refractivity contribution in [1.82, 2.24) is 4.90 Å². The summed E-state index contributed by atoms with van der Waals surface area (Å²) in [5.74, 6) is -0.0805. The highest BCUT2D eigenvalue weighted by Gasteiger charge is 2.23. The topological polar surface area (TPSA) is 87.5 Å². The molecule has 0 aliphatic heterocycles. The predicted octanol–water partition coefficient (Wildman–Crippen LogP) is 3.45. The van der Waals surface area contributed by atoms with Crippen molar-refractivity contribution in [2.24, 2.45) is 11.1 Å². The largest absolute Gasteiger partial charge is 0.340 e. The van der Waals surface area contributed by atoms with Gasteiger partial charge in [-0.1, -0.05) is 32.0 Å². The molecule has 0 unspecified atom stereocenters. The molecule has 2 rings (SSSR count). The molecule has 1 aromatic heterocycles. The van der Waals surface area contributed by atoms with E-state index in [4.69, 9.17) is 5.73 Å². The molecule has 0 bridgehead atoms. The first-order valence-electron chi connectivity index (χ1n) is 7.99. The number of nitrogens with zero attached hydrogens (tertiary/aromatic N) is 1. The Hall–Kier alpha value is -2.38. The number of nitrogens with one attached hydrogen (secondary N) is 2. The first kappa shape index (κ1) is 19.0. The maximum Gasteiger partial charge on any atom is 0.324 e. The van der Waals surface area contributed by atoms with E-state index in [9.17, 15) is 9.59 Å². The zero-order valence-corrected chi connectivity index (χ0v) is 15.5. The Morgan fingerprint density at radius 3 is 2.44 bits per heavy atom. The molecule has 2 aromatic rings. The van der Waals surface area contributed by atoms with Crippen molar-refractivity contribution in [2.75, 3.05) is 30.8 Å². The number of hydrogen-bond donors (Lipinski definition) is 3. The van der Waals surface area contributed by atoms with Crippen LogP contribution in [0.3, 0.4) is 0 Å². The van der Waals surface area contributed by atoms with Gasteiger partial charge in [0.25, 0.3) is 5.91 Å². The number of para-hydroxylation sites is 1. The van der Waals surface area contributed by atoms with E-state index < -0.39 is 0 Å². The van der Waals surface area contributed by atoms with Gasteiger partial charge in [0, 0.05) is 19.3 Å². The number of urea groups is 1. The van der Waals surface area contributed by atoms with Gasteiger partial charge in [-0.05, 0) is 36.2 Å². The number of amides is 3. The van der Waals surface area contributed by atoms with Crippen molar-refractivity contribution in [3.8, 4) is 0 Å². The van der Waals surface area contributed by atoms with Gasteiger partial charge in [-0.3, -0.25) is 10.1 Å². The van der Waals surface area contributed by atoms with Gasteiger partial charge in [-0.25, -0.2) is 4.79 Å². The second-order valence-electron chi connectivity index (χ2n) is 6.64. The molecule has 6 nitrogen and oxygen atoms in total. The lowest BCUT2D eigenvalue weighted by molar-refractivity contribution is 0.0745. The Balaban J connectivity index is 1.95. The quantitative estimate of drug-likeness (QED) is 0.737. The summed E-state index contributed by atoms with van der Waals surface area (Å²) in [6.07, 6.45) is 0. The lowest BCUT2D eigenvalue weighted by Gasteiger charge is -2.28. The molecule has 1 aromatic carbocycles. The molecule has 0 fully saturated rings. The van der Waals surface area contributed by atoms with Crippen molar-refractivity contribution in [3.05, 3.63) is 47.3 Å². The smallest absolute Gasteiger partial charge is 0.324 e. The normalized spacial score (nSPS) is 11.0. The SMILES string of the molecule is CN(CC(C)(C)CN)C(=O)c1ccc(NC(=O)Nc2ccccc2)s1. The Kier molecular flexibility index (Phi) is 6.17. The molecule has 25 heavy (non-hydrogen) atoms. The number of rotatable bonds is 6. The summed E-state index contributed by atoms with van der Waals surface area (Å²) in [7, 11) is 1.76. The summed E-state index contributed by atoms with van der Waals surface area (Å²) in [4.78, 5) is 26.7. The van der Waals surface area contributed by atoms with Crippen LogP contribution in [0, 0.1) is 5.41 Å². The van der Waals surface area contributed by atoms with E-state index in [1.165, 1.54) is 11.3 Å². The molecule has 4 N–H and O–H groups in total. The Bertz CT molecular complexity index is 728. The molecule has 3 amide bonds. The number of benzene rings is 1. The summed E-state index contributed by atoms with van der Waals surface area (Å²) in [6, 6.07) is 12.3. The van der Waals surface area contributed by atoms with Crippen molar-refractivity contribution < 1.29 is 9.59 Å². The van der Waals surface area contributed by atoms with Gasteiger partial charge < -0.3 is 16.0 Å². The molecule has 0 aliphatic rings. The monoisotopic (exact) mass is 360 g/mol. The van der Waals surface area contributed by atoms with Crippen LogP contribution in [0.25, 0.3) is 0 Å². The number of hydrogen-bond acceptors (Lipinski definition) is 4. The minimum Gasteiger partial charge on any atom is -0.340 e. The van der Waals surface area contributed by atoms with E-state index in [-0.39, 0.29) is 17.4 Å². The second-order valence-corrected chi connectivity index (χ2v) is 7.72. The maximum absolute atomic E-state index is 12.5. The van der Waals surface area contributed by atoms with Crippen molar-refractivity contribution in [3.63, 3.8) is 0 Å². The highest BCUT2D eigenvalue weighted by Crippen LogP contribution is 2.24. The predicted molar refractivity (Wildman–Crippen MR) is 103 cm³/mol. The third-order valence-corrected chi connectivity index (χ3v) is 4.64. The maximum atomic E-state index is 12.5. The van der Waals surface area contributed by atoms with E-state index in [1.807, 2.05) is 32.0 Å².